The Hall–Kier alpha value is -2.00. The number of cyclic esters (lactones) is 1. The number of fused-ring (bicyclic) bond motifs is 5. The Labute approximate surface area is 321 Å². The number of aliphatic hydroxyl groups is 1. The molecule has 3 heterocycles. The number of ketones is 1. The Kier molecular flexibility index (Phi) is 14.3. The van der Waals surface area contributed by atoms with Crippen molar-refractivity contribution in [2.45, 2.75) is 153 Å². The zero-order valence-electron chi connectivity index (χ0n) is 33.5. The maximum absolute atomic E-state index is 14.7. The molecule has 54 heavy (non-hydrogen) atoms. The van der Waals surface area contributed by atoms with E-state index in [0.29, 0.717) is 24.8 Å². The average Bonchev–Trinajstić information content (AvgIpc) is 3.72. The molecule has 0 amide bonds. The van der Waals surface area contributed by atoms with Gasteiger partial charge in [0.1, 0.15) is 24.4 Å². The Morgan fingerprint density at radius 2 is 1.65 bits per heavy atom. The lowest BCUT2D eigenvalue weighted by molar-refractivity contribution is -0.314. The normalized spacial score (nSPS) is 45.1. The minimum absolute atomic E-state index is 0.0125. The topological polar surface area (TPSA) is 140 Å². The molecule has 0 spiro atoms. The first kappa shape index (κ1) is 41.6. The van der Waals surface area contributed by atoms with Crippen LogP contribution in [0.15, 0.2) is 36.0 Å². The van der Waals surface area contributed by atoms with Gasteiger partial charge in [0.2, 0.25) is 0 Å². The summed E-state index contributed by atoms with van der Waals surface area (Å²) >= 11 is 0. The smallest absolute Gasteiger partial charge is 0.307 e. The fraction of sp³-hybridized carbons (Fsp3) is 0.810. The SMILES string of the molecule is CN[C@H]1CC[C@H](O[C@H]2CCC[C@H](/C=C/[C@H](C)O)OC(=O)C[C@@H]3C(=C[C@@H]4[C@H]3C=C[C@@H]3C[C@@H](O[C@@H]5O[C@@H](C)[C@H](OC)[C@@H](OC)[C@H]5OC)C[C@@H]43)C(=O)[C@@H]2C)O[C@@H]1C. The summed E-state index contributed by atoms with van der Waals surface area (Å²) in [5, 5.41) is 13.3. The zero-order valence-corrected chi connectivity index (χ0v) is 33.5. The van der Waals surface area contributed by atoms with E-state index < -0.39 is 36.8 Å². The predicted octanol–water partition coefficient (Wildman–Crippen LogP) is 4.67. The van der Waals surface area contributed by atoms with Crippen LogP contribution < -0.4 is 5.32 Å². The quantitative estimate of drug-likeness (QED) is 0.236. The number of carbonyl (C=O) groups is 2. The molecule has 2 N–H and O–H groups in total. The molecule has 0 aromatic rings. The van der Waals surface area contributed by atoms with Crippen molar-refractivity contribution < 1.29 is 52.6 Å². The number of ether oxygens (including phenoxy) is 8. The summed E-state index contributed by atoms with van der Waals surface area (Å²) in [5.74, 6) is -0.480. The molecule has 4 fully saturated rings. The summed E-state index contributed by atoms with van der Waals surface area (Å²) in [7, 11) is 6.89. The second-order valence-electron chi connectivity index (χ2n) is 16.5. The van der Waals surface area contributed by atoms with E-state index in [1.807, 2.05) is 20.9 Å². The summed E-state index contributed by atoms with van der Waals surface area (Å²) in [6.07, 6.45) is 11.4. The van der Waals surface area contributed by atoms with Gasteiger partial charge in [-0.2, -0.15) is 0 Å². The van der Waals surface area contributed by atoms with E-state index in [2.05, 4.69) is 30.5 Å². The number of likely N-dealkylation sites (N-methyl/N-ethyl adjacent to an activating group) is 1. The van der Waals surface area contributed by atoms with Gasteiger partial charge in [-0.1, -0.05) is 31.2 Å². The third-order valence-corrected chi connectivity index (χ3v) is 13.1. The first-order valence-corrected chi connectivity index (χ1v) is 20.3. The van der Waals surface area contributed by atoms with Crippen LogP contribution >= 0.6 is 0 Å². The number of rotatable bonds is 10. The number of carbonyl (C=O) groups excluding carboxylic acids is 2. The van der Waals surface area contributed by atoms with Crippen LogP contribution in [0.3, 0.4) is 0 Å². The van der Waals surface area contributed by atoms with Crippen molar-refractivity contribution in [2.24, 2.45) is 35.5 Å². The van der Waals surface area contributed by atoms with Crippen LogP contribution in [-0.4, -0.2) is 119 Å². The van der Waals surface area contributed by atoms with Gasteiger partial charge < -0.3 is 48.3 Å². The highest BCUT2D eigenvalue weighted by Gasteiger charge is 2.52. The molecule has 1 saturated carbocycles. The summed E-state index contributed by atoms with van der Waals surface area (Å²) in [4.78, 5) is 28.3. The maximum atomic E-state index is 14.7. The van der Waals surface area contributed by atoms with E-state index in [4.69, 9.17) is 37.9 Å². The van der Waals surface area contributed by atoms with E-state index in [-0.39, 0.29) is 90.4 Å². The molecule has 3 saturated heterocycles. The number of methoxy groups -OCH3 is 3. The number of Topliss-reactive ketones (excluding diaryl/α,β-unsaturated/α-hetero) is 1. The second-order valence-corrected chi connectivity index (χ2v) is 16.5. The number of nitrogens with one attached hydrogen (secondary N) is 1. The van der Waals surface area contributed by atoms with E-state index in [9.17, 15) is 14.7 Å². The molecule has 6 aliphatic rings. The fourth-order valence-corrected chi connectivity index (χ4v) is 10.2. The molecule has 304 valence electrons. The van der Waals surface area contributed by atoms with Gasteiger partial charge in [-0.3, -0.25) is 9.59 Å². The van der Waals surface area contributed by atoms with Gasteiger partial charge in [-0.25, -0.2) is 0 Å². The number of hydrogen-bond acceptors (Lipinski definition) is 12. The molecule has 18 atom stereocenters. The highest BCUT2D eigenvalue weighted by Crippen LogP contribution is 2.54. The number of hydrogen-bond donors (Lipinski definition) is 2. The van der Waals surface area contributed by atoms with Crippen molar-refractivity contribution in [2.75, 3.05) is 28.4 Å². The van der Waals surface area contributed by atoms with Crippen LogP contribution in [0.5, 0.6) is 0 Å². The standard InChI is InChI=1S/C42H65NO11/c1-22(44)12-14-27-10-9-11-35(54-37-17-16-34(43-5)24(3)50-37)23(2)38(46)33-20-31-29(32(33)21-36(45)52-27)15-13-26-18-28(19-30(26)31)53-42-41(49-8)40(48-7)39(47-6)25(4)51-42/h12-15,20,22-32,34-35,37,39-44H,9-11,16-19,21H2,1-8H3/b14-12+/t22-,23+,24+,25-,26+,27+,28+,29+,30+,31+,32-,34-,35-,37-,39-,40+,41+,42-/m0/s1. The highest BCUT2D eigenvalue weighted by atomic mass is 16.7. The Bertz CT molecular complexity index is 1370. The van der Waals surface area contributed by atoms with Crippen LogP contribution in [0, 0.1) is 35.5 Å². The van der Waals surface area contributed by atoms with Gasteiger partial charge in [0.15, 0.2) is 18.4 Å². The number of allylic oxidation sites excluding steroid dienone is 4. The van der Waals surface area contributed by atoms with Crippen LogP contribution in [0.1, 0.15) is 79.1 Å². The Morgan fingerprint density at radius 1 is 0.889 bits per heavy atom. The third-order valence-electron chi connectivity index (χ3n) is 13.1. The van der Waals surface area contributed by atoms with Crippen LogP contribution in [0.2, 0.25) is 0 Å². The van der Waals surface area contributed by atoms with Crippen molar-refractivity contribution in [3.8, 4) is 0 Å². The summed E-state index contributed by atoms with van der Waals surface area (Å²) in [6.45, 7) is 7.67. The molecule has 0 bridgehead atoms. The van der Waals surface area contributed by atoms with Crippen LogP contribution in [-0.2, 0) is 47.5 Å². The van der Waals surface area contributed by atoms with E-state index in [1.54, 1.807) is 40.4 Å². The zero-order chi connectivity index (χ0) is 38.7. The number of aliphatic hydroxyl groups excluding tert-OH is 1. The maximum Gasteiger partial charge on any atom is 0.307 e. The van der Waals surface area contributed by atoms with Gasteiger partial charge in [0.25, 0.3) is 0 Å². The molecular weight excluding hydrogens is 694 g/mol. The van der Waals surface area contributed by atoms with Crippen molar-refractivity contribution in [1.29, 1.82) is 0 Å². The van der Waals surface area contributed by atoms with Gasteiger partial charge >= 0.3 is 5.97 Å². The first-order chi connectivity index (χ1) is 26.0. The molecular formula is C42H65NO11. The van der Waals surface area contributed by atoms with E-state index in [1.165, 1.54) is 0 Å². The van der Waals surface area contributed by atoms with Crippen molar-refractivity contribution in [3.63, 3.8) is 0 Å². The molecule has 0 unspecified atom stereocenters. The molecule has 3 aliphatic carbocycles. The molecule has 0 aromatic carbocycles. The lowest BCUT2D eigenvalue weighted by atomic mass is 9.70. The summed E-state index contributed by atoms with van der Waals surface area (Å²) in [6, 6.07) is 0.257. The number of esters is 1. The van der Waals surface area contributed by atoms with Crippen molar-refractivity contribution in [3.05, 3.63) is 36.0 Å². The molecule has 12 heteroatoms. The summed E-state index contributed by atoms with van der Waals surface area (Å²) < 4.78 is 49.4. The third kappa shape index (κ3) is 9.08. The molecule has 3 aliphatic heterocycles. The predicted molar refractivity (Wildman–Crippen MR) is 200 cm³/mol. The second kappa shape index (κ2) is 18.5. The highest BCUT2D eigenvalue weighted by molar-refractivity contribution is 5.99. The Balaban J connectivity index is 1.23. The summed E-state index contributed by atoms with van der Waals surface area (Å²) in [5.41, 5.74) is 0.708. The monoisotopic (exact) mass is 759 g/mol. The fourth-order valence-electron chi connectivity index (χ4n) is 10.2. The van der Waals surface area contributed by atoms with E-state index in [0.717, 1.165) is 25.7 Å². The van der Waals surface area contributed by atoms with Gasteiger partial charge in [0, 0.05) is 39.2 Å². The minimum Gasteiger partial charge on any atom is -0.458 e. The average molecular weight is 760 g/mol. The molecule has 6 rings (SSSR count). The van der Waals surface area contributed by atoms with Gasteiger partial charge in [0.05, 0.1) is 36.9 Å². The first-order valence-electron chi connectivity index (χ1n) is 20.3. The molecule has 0 radical (unpaired) electrons. The lowest BCUT2D eigenvalue weighted by Gasteiger charge is -2.44. The van der Waals surface area contributed by atoms with Crippen molar-refractivity contribution >= 4 is 11.8 Å². The van der Waals surface area contributed by atoms with Crippen molar-refractivity contribution in [1.82, 2.24) is 5.32 Å². The Morgan fingerprint density at radius 3 is 2.33 bits per heavy atom. The molecule has 12 nitrogen and oxygen atoms in total. The molecule has 0 aromatic heterocycles. The largest absolute Gasteiger partial charge is 0.458 e. The van der Waals surface area contributed by atoms with Gasteiger partial charge in [-0.05, 0) is 108 Å². The van der Waals surface area contributed by atoms with Crippen LogP contribution in [0.25, 0.3) is 0 Å². The minimum atomic E-state index is -0.660. The van der Waals surface area contributed by atoms with Gasteiger partial charge in [-0.15, -0.1) is 0 Å². The van der Waals surface area contributed by atoms with Crippen LogP contribution in [0.4, 0.5) is 0 Å². The van der Waals surface area contributed by atoms with E-state index >= 15 is 0 Å². The lowest BCUT2D eigenvalue weighted by Crippen LogP contribution is -2.59.